The van der Waals surface area contributed by atoms with Gasteiger partial charge in [0.1, 0.15) is 0 Å². The number of carbonyl (C=O) groups is 2. The van der Waals surface area contributed by atoms with E-state index in [1.54, 1.807) is 0 Å². The van der Waals surface area contributed by atoms with Gasteiger partial charge < -0.3 is 16.2 Å². The molecule has 1 unspecified atom stereocenters. The van der Waals surface area contributed by atoms with Crippen LogP contribution in [0.15, 0.2) is 22.7 Å². The van der Waals surface area contributed by atoms with Gasteiger partial charge in [0.15, 0.2) is 0 Å². The predicted molar refractivity (Wildman–Crippen MR) is 77.2 cm³/mol. The average molecular weight is 329 g/mol. The Labute approximate surface area is 120 Å². The molecule has 0 fully saturated rings. The Morgan fingerprint density at radius 2 is 2.05 bits per heavy atom. The minimum atomic E-state index is -1.02. The fraction of sp³-hybridized carbons (Fsp3) is 0.385. The number of benzene rings is 1. The van der Waals surface area contributed by atoms with Crippen molar-refractivity contribution in [3.8, 4) is 0 Å². The van der Waals surface area contributed by atoms with E-state index in [0.717, 1.165) is 0 Å². The molecule has 1 atom stereocenters. The second kappa shape index (κ2) is 6.68. The van der Waals surface area contributed by atoms with E-state index < -0.39 is 12.0 Å². The molecule has 0 aromatic heterocycles. The zero-order chi connectivity index (χ0) is 14.6. The van der Waals surface area contributed by atoms with Crippen LogP contribution in [0.5, 0.6) is 0 Å². The molecule has 0 bridgehead atoms. The summed E-state index contributed by atoms with van der Waals surface area (Å²) in [6, 6.07) is 3.82. The molecule has 0 saturated heterocycles. The number of carbonyl (C=O) groups excluding carboxylic acids is 1. The van der Waals surface area contributed by atoms with Gasteiger partial charge >= 0.3 is 5.97 Å². The molecular weight excluding hydrogens is 312 g/mol. The molecule has 4 N–H and O–H groups in total. The first-order valence-corrected chi connectivity index (χ1v) is 6.70. The van der Waals surface area contributed by atoms with Crippen molar-refractivity contribution in [2.45, 2.75) is 26.3 Å². The lowest BCUT2D eigenvalue weighted by Gasteiger charge is -2.15. The highest BCUT2D eigenvalue weighted by atomic mass is 79.9. The monoisotopic (exact) mass is 328 g/mol. The molecule has 104 valence electrons. The highest BCUT2D eigenvalue weighted by molar-refractivity contribution is 9.10. The third-order valence-electron chi connectivity index (χ3n) is 2.54. The highest BCUT2D eigenvalue weighted by Gasteiger charge is 2.16. The van der Waals surface area contributed by atoms with Crippen LogP contribution in [0.2, 0.25) is 0 Å². The highest BCUT2D eigenvalue weighted by Crippen LogP contribution is 2.24. The summed E-state index contributed by atoms with van der Waals surface area (Å²) >= 11 is 3.23. The average Bonchev–Trinajstić information content (AvgIpc) is 2.30. The normalized spacial score (nSPS) is 12.3. The first kappa shape index (κ1) is 15.7. The van der Waals surface area contributed by atoms with Gasteiger partial charge in [0.05, 0.1) is 17.3 Å². The molecule has 0 heterocycles. The van der Waals surface area contributed by atoms with E-state index in [9.17, 15) is 9.59 Å². The molecular formula is C13H17BrN2O3. The number of amides is 1. The maximum Gasteiger partial charge on any atom is 0.335 e. The van der Waals surface area contributed by atoms with Gasteiger partial charge in [0, 0.05) is 4.47 Å². The van der Waals surface area contributed by atoms with Crippen molar-refractivity contribution >= 4 is 33.5 Å². The zero-order valence-electron chi connectivity index (χ0n) is 10.8. The lowest BCUT2D eigenvalue weighted by Crippen LogP contribution is -2.36. The van der Waals surface area contributed by atoms with Crippen LogP contribution < -0.4 is 11.1 Å². The number of nitrogens with two attached hydrogens (primary N) is 1. The SMILES string of the molecule is CC(C)CC(N)C(=O)Nc1ccc(C(=O)O)cc1Br. The fourth-order valence-electron chi connectivity index (χ4n) is 1.59. The molecule has 1 aromatic carbocycles. The summed E-state index contributed by atoms with van der Waals surface area (Å²) in [6.07, 6.45) is 0.594. The number of hydrogen-bond donors (Lipinski definition) is 3. The molecule has 0 aliphatic rings. The lowest BCUT2D eigenvalue weighted by atomic mass is 10.0. The van der Waals surface area contributed by atoms with Crippen LogP contribution in [0, 0.1) is 5.92 Å². The Hall–Kier alpha value is -1.40. The number of hydrogen-bond acceptors (Lipinski definition) is 3. The Kier molecular flexibility index (Phi) is 5.50. The number of anilines is 1. The Morgan fingerprint density at radius 3 is 2.53 bits per heavy atom. The maximum atomic E-state index is 11.8. The minimum absolute atomic E-state index is 0.149. The van der Waals surface area contributed by atoms with Crippen LogP contribution in [0.4, 0.5) is 5.69 Å². The van der Waals surface area contributed by atoms with Gasteiger partial charge in [-0.25, -0.2) is 4.79 Å². The summed E-state index contributed by atoms with van der Waals surface area (Å²) in [5, 5.41) is 11.5. The van der Waals surface area contributed by atoms with Gasteiger partial charge in [-0.1, -0.05) is 13.8 Å². The van der Waals surface area contributed by atoms with E-state index in [2.05, 4.69) is 21.2 Å². The molecule has 0 saturated carbocycles. The third-order valence-corrected chi connectivity index (χ3v) is 3.19. The van der Waals surface area contributed by atoms with E-state index in [1.807, 2.05) is 13.8 Å². The van der Waals surface area contributed by atoms with Crippen LogP contribution in [-0.2, 0) is 4.79 Å². The summed E-state index contributed by atoms with van der Waals surface area (Å²) in [5.74, 6) is -0.967. The van der Waals surface area contributed by atoms with Gasteiger partial charge in [0.25, 0.3) is 0 Å². The molecule has 1 rings (SSSR count). The smallest absolute Gasteiger partial charge is 0.335 e. The van der Waals surface area contributed by atoms with E-state index in [4.69, 9.17) is 10.8 Å². The third kappa shape index (κ3) is 4.65. The van der Waals surface area contributed by atoms with Gasteiger partial charge in [-0.15, -0.1) is 0 Å². The Bertz CT molecular complexity index is 489. The number of carboxylic acid groups (broad SMARTS) is 1. The molecule has 0 aliphatic heterocycles. The summed E-state index contributed by atoms with van der Waals surface area (Å²) in [5.41, 5.74) is 6.43. The molecule has 0 aliphatic carbocycles. The summed E-state index contributed by atoms with van der Waals surface area (Å²) in [4.78, 5) is 22.6. The maximum absolute atomic E-state index is 11.8. The quantitative estimate of drug-likeness (QED) is 0.774. The van der Waals surface area contributed by atoms with E-state index in [1.165, 1.54) is 18.2 Å². The topological polar surface area (TPSA) is 92.4 Å². The largest absolute Gasteiger partial charge is 0.478 e. The zero-order valence-corrected chi connectivity index (χ0v) is 12.4. The van der Waals surface area contributed by atoms with Gasteiger partial charge in [-0.2, -0.15) is 0 Å². The van der Waals surface area contributed by atoms with Crippen molar-refractivity contribution in [3.05, 3.63) is 28.2 Å². The number of halogens is 1. The van der Waals surface area contributed by atoms with E-state index in [-0.39, 0.29) is 11.5 Å². The summed E-state index contributed by atoms with van der Waals surface area (Å²) < 4.78 is 0.512. The first-order valence-electron chi connectivity index (χ1n) is 5.90. The standard InChI is InChI=1S/C13H17BrN2O3/c1-7(2)5-10(15)12(17)16-11-4-3-8(13(18)19)6-9(11)14/h3-4,6-7,10H,5,15H2,1-2H3,(H,16,17)(H,18,19). The number of aromatic carboxylic acids is 1. The minimum Gasteiger partial charge on any atom is -0.478 e. The molecule has 6 heteroatoms. The Balaban J connectivity index is 2.77. The van der Waals surface area contributed by atoms with E-state index in [0.29, 0.717) is 22.5 Å². The molecule has 0 radical (unpaired) electrons. The van der Waals surface area contributed by atoms with Gasteiger partial charge in [-0.05, 0) is 46.5 Å². The van der Waals surface area contributed by atoms with Crippen molar-refractivity contribution in [2.24, 2.45) is 11.7 Å². The molecule has 5 nitrogen and oxygen atoms in total. The van der Waals surface area contributed by atoms with Gasteiger partial charge in [0.2, 0.25) is 5.91 Å². The molecule has 19 heavy (non-hydrogen) atoms. The van der Waals surface area contributed by atoms with Gasteiger partial charge in [-0.3, -0.25) is 4.79 Å². The summed E-state index contributed by atoms with van der Waals surface area (Å²) in [7, 11) is 0. The second-order valence-corrected chi connectivity index (χ2v) is 5.58. The van der Waals surface area contributed by atoms with Crippen LogP contribution in [-0.4, -0.2) is 23.0 Å². The number of nitrogens with one attached hydrogen (secondary N) is 1. The number of rotatable bonds is 5. The molecule has 0 spiro atoms. The first-order chi connectivity index (χ1) is 8.81. The van der Waals surface area contributed by atoms with Crippen LogP contribution in [0.1, 0.15) is 30.6 Å². The van der Waals surface area contributed by atoms with Crippen molar-refractivity contribution in [3.63, 3.8) is 0 Å². The van der Waals surface area contributed by atoms with Crippen molar-refractivity contribution in [2.75, 3.05) is 5.32 Å². The van der Waals surface area contributed by atoms with E-state index >= 15 is 0 Å². The van der Waals surface area contributed by atoms with Crippen LogP contribution >= 0.6 is 15.9 Å². The molecule has 1 amide bonds. The summed E-state index contributed by atoms with van der Waals surface area (Å²) in [6.45, 7) is 3.98. The van der Waals surface area contributed by atoms with Crippen molar-refractivity contribution in [1.82, 2.24) is 0 Å². The van der Waals surface area contributed by atoms with Crippen molar-refractivity contribution in [1.29, 1.82) is 0 Å². The van der Waals surface area contributed by atoms with Crippen LogP contribution in [0.25, 0.3) is 0 Å². The van der Waals surface area contributed by atoms with Crippen molar-refractivity contribution < 1.29 is 14.7 Å². The molecule has 1 aromatic rings. The van der Waals surface area contributed by atoms with Crippen LogP contribution in [0.3, 0.4) is 0 Å². The predicted octanol–water partition coefficient (Wildman–Crippen LogP) is 2.46. The fourth-order valence-corrected chi connectivity index (χ4v) is 2.07. The Morgan fingerprint density at radius 1 is 1.42 bits per heavy atom. The number of carboxylic acids is 1. The lowest BCUT2D eigenvalue weighted by molar-refractivity contribution is -0.117. The second-order valence-electron chi connectivity index (χ2n) is 4.73.